The first-order valence-electron chi connectivity index (χ1n) is 8.86. The lowest BCUT2D eigenvalue weighted by atomic mass is 9.76. The second-order valence-electron chi connectivity index (χ2n) is 7.52. The van der Waals surface area contributed by atoms with Gasteiger partial charge in [0, 0.05) is 25.0 Å². The van der Waals surface area contributed by atoms with Crippen LogP contribution in [0.15, 0.2) is 30.5 Å². The lowest BCUT2D eigenvalue weighted by Crippen LogP contribution is -2.45. The van der Waals surface area contributed by atoms with Crippen molar-refractivity contribution in [3.8, 4) is 11.5 Å². The number of hydrogen-bond donors (Lipinski definition) is 1. The maximum absolute atomic E-state index is 12.8. The number of nitrogens with zero attached hydrogens (tertiary/aromatic N) is 1. The number of fused-ring (bicyclic) bond motifs is 1. The Morgan fingerprint density at radius 2 is 2.12 bits per heavy atom. The van der Waals surface area contributed by atoms with Crippen molar-refractivity contribution >= 4 is 5.91 Å². The number of benzene rings is 1. The summed E-state index contributed by atoms with van der Waals surface area (Å²) < 4.78 is 10.9. The number of hydrogen-bond acceptors (Lipinski definition) is 3. The maximum Gasteiger partial charge on any atom is 0.255 e. The van der Waals surface area contributed by atoms with Crippen LogP contribution in [0.2, 0.25) is 0 Å². The molecule has 1 amide bonds. The molecule has 5 nitrogen and oxygen atoms in total. The molecule has 1 saturated heterocycles. The van der Waals surface area contributed by atoms with Gasteiger partial charge in [0.15, 0.2) is 11.5 Å². The summed E-state index contributed by atoms with van der Waals surface area (Å²) in [6.45, 7) is 6.14. The van der Waals surface area contributed by atoms with E-state index in [9.17, 15) is 4.79 Å². The number of rotatable bonds is 3. The molecule has 3 heterocycles. The van der Waals surface area contributed by atoms with Gasteiger partial charge in [-0.15, -0.1) is 0 Å². The van der Waals surface area contributed by atoms with Gasteiger partial charge in [-0.25, -0.2) is 0 Å². The zero-order valence-electron chi connectivity index (χ0n) is 14.8. The number of piperidine rings is 1. The van der Waals surface area contributed by atoms with E-state index in [1.807, 2.05) is 30.2 Å². The standard InChI is InChI=1S/C20H24N2O3/c1-14-16(6-8-21-14)19(23)22-9-3-7-20(2,12-22)11-15-4-5-17-18(10-15)25-13-24-17/h4-6,8,10,21H,3,7,9,11-13H2,1-2H3/t20-/m0/s1. The predicted molar refractivity (Wildman–Crippen MR) is 95.0 cm³/mol. The third-order valence-electron chi connectivity index (χ3n) is 5.32. The number of likely N-dealkylation sites (tertiary alicyclic amines) is 1. The summed E-state index contributed by atoms with van der Waals surface area (Å²) in [4.78, 5) is 18.0. The number of carbonyl (C=O) groups is 1. The van der Waals surface area contributed by atoms with Crippen LogP contribution in [0.5, 0.6) is 11.5 Å². The Morgan fingerprint density at radius 3 is 2.92 bits per heavy atom. The van der Waals surface area contributed by atoms with Crippen LogP contribution >= 0.6 is 0 Å². The molecule has 132 valence electrons. The summed E-state index contributed by atoms with van der Waals surface area (Å²) in [6, 6.07) is 8.04. The first kappa shape index (κ1) is 16.1. The maximum atomic E-state index is 12.8. The Balaban J connectivity index is 1.49. The minimum atomic E-state index is 0.0752. The van der Waals surface area contributed by atoms with Crippen molar-refractivity contribution in [2.75, 3.05) is 19.9 Å². The summed E-state index contributed by atoms with van der Waals surface area (Å²) in [6.07, 6.45) is 4.92. The molecule has 0 bridgehead atoms. The first-order valence-corrected chi connectivity index (χ1v) is 8.86. The number of H-pyrrole nitrogens is 1. The molecule has 1 N–H and O–H groups in total. The van der Waals surface area contributed by atoms with Crippen LogP contribution in [-0.2, 0) is 6.42 Å². The minimum Gasteiger partial charge on any atom is -0.454 e. The molecule has 1 aromatic carbocycles. The number of aromatic amines is 1. The van der Waals surface area contributed by atoms with Crippen molar-refractivity contribution in [3.63, 3.8) is 0 Å². The lowest BCUT2D eigenvalue weighted by molar-refractivity contribution is 0.0550. The second kappa shape index (κ2) is 6.14. The number of amides is 1. The Bertz CT molecular complexity index is 798. The number of ether oxygens (including phenoxy) is 2. The molecule has 2 aromatic rings. The van der Waals surface area contributed by atoms with E-state index in [0.717, 1.165) is 55.1 Å². The molecule has 4 rings (SSSR count). The van der Waals surface area contributed by atoms with E-state index in [1.165, 1.54) is 5.56 Å². The molecule has 5 heteroatoms. The number of carbonyl (C=O) groups excluding carboxylic acids is 1. The molecule has 1 atom stereocenters. The summed E-state index contributed by atoms with van der Waals surface area (Å²) in [7, 11) is 0. The van der Waals surface area contributed by atoms with Gasteiger partial charge in [-0.05, 0) is 55.4 Å². The average Bonchev–Trinajstić information content (AvgIpc) is 3.22. The lowest BCUT2D eigenvalue weighted by Gasteiger charge is -2.40. The molecule has 2 aliphatic heterocycles. The van der Waals surface area contributed by atoms with Crippen LogP contribution in [0.4, 0.5) is 0 Å². The van der Waals surface area contributed by atoms with E-state index < -0.39 is 0 Å². The summed E-state index contributed by atoms with van der Waals surface area (Å²) in [5.41, 5.74) is 3.03. The molecule has 25 heavy (non-hydrogen) atoms. The van der Waals surface area contributed by atoms with Crippen LogP contribution in [0.25, 0.3) is 0 Å². The van der Waals surface area contributed by atoms with E-state index >= 15 is 0 Å². The van der Waals surface area contributed by atoms with Gasteiger partial charge in [0.05, 0.1) is 5.56 Å². The minimum absolute atomic E-state index is 0.0752. The molecule has 0 radical (unpaired) electrons. The molecule has 1 aromatic heterocycles. The van der Waals surface area contributed by atoms with Crippen LogP contribution in [0, 0.1) is 12.3 Å². The second-order valence-corrected chi connectivity index (χ2v) is 7.52. The van der Waals surface area contributed by atoms with Gasteiger partial charge >= 0.3 is 0 Å². The molecule has 0 unspecified atom stereocenters. The topological polar surface area (TPSA) is 54.6 Å². The normalized spacial score (nSPS) is 22.2. The highest BCUT2D eigenvalue weighted by atomic mass is 16.7. The third-order valence-corrected chi connectivity index (χ3v) is 5.32. The van der Waals surface area contributed by atoms with Crippen molar-refractivity contribution in [2.45, 2.75) is 33.1 Å². The fourth-order valence-corrected chi connectivity index (χ4v) is 4.03. The number of aryl methyl sites for hydroxylation is 1. The van der Waals surface area contributed by atoms with E-state index in [-0.39, 0.29) is 11.3 Å². The predicted octanol–water partition coefficient (Wildman–Crippen LogP) is 3.54. The fourth-order valence-electron chi connectivity index (χ4n) is 4.03. The van der Waals surface area contributed by atoms with E-state index in [2.05, 4.69) is 24.0 Å². The van der Waals surface area contributed by atoms with Crippen molar-refractivity contribution < 1.29 is 14.3 Å². The van der Waals surface area contributed by atoms with Crippen LogP contribution < -0.4 is 9.47 Å². The number of nitrogens with one attached hydrogen (secondary N) is 1. The zero-order chi connectivity index (χ0) is 17.4. The largest absolute Gasteiger partial charge is 0.454 e. The van der Waals surface area contributed by atoms with Gasteiger partial charge < -0.3 is 19.4 Å². The molecular weight excluding hydrogens is 316 g/mol. The quantitative estimate of drug-likeness (QED) is 0.930. The van der Waals surface area contributed by atoms with Crippen molar-refractivity contribution in [3.05, 3.63) is 47.3 Å². The highest BCUT2D eigenvalue weighted by Gasteiger charge is 2.34. The van der Waals surface area contributed by atoms with Gasteiger partial charge in [-0.1, -0.05) is 13.0 Å². The summed E-state index contributed by atoms with van der Waals surface area (Å²) in [5, 5.41) is 0. The molecule has 2 aliphatic rings. The summed E-state index contributed by atoms with van der Waals surface area (Å²) >= 11 is 0. The van der Waals surface area contributed by atoms with Crippen LogP contribution in [0.3, 0.4) is 0 Å². The van der Waals surface area contributed by atoms with E-state index in [4.69, 9.17) is 9.47 Å². The third kappa shape index (κ3) is 3.11. The van der Waals surface area contributed by atoms with Crippen molar-refractivity contribution in [1.82, 2.24) is 9.88 Å². The van der Waals surface area contributed by atoms with Gasteiger partial charge in [0.2, 0.25) is 6.79 Å². The van der Waals surface area contributed by atoms with Gasteiger partial charge in [-0.2, -0.15) is 0 Å². The van der Waals surface area contributed by atoms with E-state index in [1.54, 1.807) is 0 Å². The molecular formula is C20H24N2O3. The highest BCUT2D eigenvalue weighted by molar-refractivity contribution is 5.95. The monoisotopic (exact) mass is 340 g/mol. The SMILES string of the molecule is Cc1[nH]ccc1C(=O)N1CCC[C@@](C)(Cc2ccc3c(c2)OCO3)C1. The molecule has 0 spiro atoms. The average molecular weight is 340 g/mol. The van der Waals surface area contributed by atoms with Gasteiger partial charge in [0.1, 0.15) is 0 Å². The smallest absolute Gasteiger partial charge is 0.255 e. The first-order chi connectivity index (χ1) is 12.0. The Morgan fingerprint density at radius 1 is 1.28 bits per heavy atom. The van der Waals surface area contributed by atoms with Crippen molar-refractivity contribution in [2.24, 2.45) is 5.41 Å². The molecule has 0 saturated carbocycles. The van der Waals surface area contributed by atoms with Gasteiger partial charge in [-0.3, -0.25) is 4.79 Å². The highest BCUT2D eigenvalue weighted by Crippen LogP contribution is 2.38. The Labute approximate surface area is 147 Å². The molecule has 1 fully saturated rings. The van der Waals surface area contributed by atoms with Crippen LogP contribution in [-0.4, -0.2) is 35.7 Å². The number of aromatic nitrogens is 1. The Kier molecular flexibility index (Phi) is 3.94. The van der Waals surface area contributed by atoms with Gasteiger partial charge in [0.25, 0.3) is 5.91 Å². The van der Waals surface area contributed by atoms with E-state index in [0.29, 0.717) is 6.79 Å². The Hall–Kier alpha value is -2.43. The van der Waals surface area contributed by atoms with Crippen LogP contribution in [0.1, 0.15) is 41.4 Å². The summed E-state index contributed by atoms with van der Waals surface area (Å²) in [5.74, 6) is 1.78. The zero-order valence-corrected chi connectivity index (χ0v) is 14.8. The molecule has 0 aliphatic carbocycles. The van der Waals surface area contributed by atoms with Crippen molar-refractivity contribution in [1.29, 1.82) is 0 Å². The fraction of sp³-hybridized carbons (Fsp3) is 0.450.